The van der Waals surface area contributed by atoms with Gasteiger partial charge in [-0.3, -0.25) is 4.98 Å². The molecule has 2 heteroatoms. The lowest BCUT2D eigenvalue weighted by molar-refractivity contribution is 0.805. The molecule has 23 heavy (non-hydrogen) atoms. The molecule has 0 aliphatic heterocycles. The van der Waals surface area contributed by atoms with Crippen molar-refractivity contribution in [3.8, 4) is 0 Å². The molecule has 0 aliphatic rings. The monoisotopic (exact) mass is 299 g/mol. The van der Waals surface area contributed by atoms with E-state index in [2.05, 4.69) is 94.5 Å². The fraction of sp³-hybridized carbons (Fsp3) is 0.190. The van der Waals surface area contributed by atoms with Crippen molar-refractivity contribution in [3.05, 3.63) is 101 Å². The van der Waals surface area contributed by atoms with Crippen molar-refractivity contribution < 1.29 is 0 Å². The molecule has 0 bridgehead atoms. The van der Waals surface area contributed by atoms with Gasteiger partial charge in [-0.25, -0.2) is 0 Å². The minimum Gasteiger partial charge on any atom is -0.261 e. The maximum Gasteiger partial charge on any atom is 0.128 e. The molecule has 3 aromatic rings. The molecule has 3 rings (SSSR count). The smallest absolute Gasteiger partial charge is 0.128 e. The van der Waals surface area contributed by atoms with E-state index in [0.717, 1.165) is 5.69 Å². The van der Waals surface area contributed by atoms with Crippen LogP contribution in [0.5, 0.6) is 0 Å². The fourth-order valence-electron chi connectivity index (χ4n) is 3.08. The van der Waals surface area contributed by atoms with E-state index in [1.54, 1.807) is 0 Å². The fourth-order valence-corrected chi connectivity index (χ4v) is 3.08. The van der Waals surface area contributed by atoms with Gasteiger partial charge in [0.1, 0.15) is 7.85 Å². The van der Waals surface area contributed by atoms with Gasteiger partial charge in [0, 0.05) is 17.2 Å². The van der Waals surface area contributed by atoms with E-state index >= 15 is 0 Å². The van der Waals surface area contributed by atoms with Gasteiger partial charge in [-0.1, -0.05) is 74.5 Å². The highest BCUT2D eigenvalue weighted by Gasteiger charge is 2.32. The van der Waals surface area contributed by atoms with E-state index in [0.29, 0.717) is 5.92 Å². The van der Waals surface area contributed by atoms with Crippen molar-refractivity contribution in [2.45, 2.75) is 25.1 Å². The summed E-state index contributed by atoms with van der Waals surface area (Å²) in [5.41, 5.74) is 4.95. The van der Waals surface area contributed by atoms with Gasteiger partial charge < -0.3 is 0 Å². The Bertz CT molecular complexity index is 727. The van der Waals surface area contributed by atoms with Crippen LogP contribution in [0.4, 0.5) is 0 Å². The molecule has 0 atom stereocenters. The van der Waals surface area contributed by atoms with Crippen LogP contribution in [0, 0.1) is 0 Å². The summed E-state index contributed by atoms with van der Waals surface area (Å²) in [6, 6.07) is 25.7. The van der Waals surface area contributed by atoms with Gasteiger partial charge in [-0.05, 0) is 34.7 Å². The van der Waals surface area contributed by atoms with E-state index in [-0.39, 0.29) is 5.31 Å². The van der Waals surface area contributed by atoms with Crippen LogP contribution in [0.3, 0.4) is 0 Å². The van der Waals surface area contributed by atoms with Crippen molar-refractivity contribution in [3.63, 3.8) is 0 Å². The van der Waals surface area contributed by atoms with Gasteiger partial charge in [0.2, 0.25) is 0 Å². The molecule has 1 nitrogen and oxygen atoms in total. The van der Waals surface area contributed by atoms with Crippen LogP contribution < -0.4 is 0 Å². The van der Waals surface area contributed by atoms with E-state index in [4.69, 9.17) is 4.98 Å². The quantitative estimate of drug-likeness (QED) is 0.660. The van der Waals surface area contributed by atoms with Crippen molar-refractivity contribution in [1.82, 2.24) is 4.98 Å². The molecule has 1 aromatic heterocycles. The number of benzene rings is 2. The number of nitrogens with zero attached hydrogens (tertiary/aromatic N) is 1. The second-order valence-electron chi connectivity index (χ2n) is 6.49. The first-order valence-corrected chi connectivity index (χ1v) is 8.20. The lowest BCUT2D eigenvalue weighted by Crippen LogP contribution is -2.31. The Labute approximate surface area is 139 Å². The summed E-state index contributed by atoms with van der Waals surface area (Å²) in [6.45, 7) is 4.45. The molecule has 1 heterocycles. The zero-order valence-corrected chi connectivity index (χ0v) is 14.0. The number of hydrogen-bond donors (Lipinski definition) is 0. The summed E-state index contributed by atoms with van der Waals surface area (Å²) in [5, 5.41) is -0.257. The lowest BCUT2D eigenvalue weighted by Gasteiger charge is -2.31. The minimum atomic E-state index is -0.257. The highest BCUT2D eigenvalue weighted by atomic mass is 14.7. The zero-order valence-electron chi connectivity index (χ0n) is 14.0. The average molecular weight is 299 g/mol. The van der Waals surface area contributed by atoms with Gasteiger partial charge in [0.15, 0.2) is 0 Å². The summed E-state index contributed by atoms with van der Waals surface area (Å²) in [6.07, 6.45) is 1.94. The molecule has 0 radical (unpaired) electrons. The maximum atomic E-state index is 4.75. The van der Waals surface area contributed by atoms with Gasteiger partial charge in [0.25, 0.3) is 0 Å². The highest BCUT2D eigenvalue weighted by molar-refractivity contribution is 6.20. The molecule has 0 saturated heterocycles. The number of aromatic nitrogens is 1. The summed E-state index contributed by atoms with van der Waals surface area (Å²) in [4.78, 5) is 4.75. The Morgan fingerprint density at radius 3 is 1.83 bits per heavy atom. The summed E-state index contributed by atoms with van der Waals surface area (Å²) in [5.74, 6) is 0.493. The third kappa shape index (κ3) is 2.94. The first-order chi connectivity index (χ1) is 11.1. The number of hydrogen-bond acceptors (Lipinski definition) is 1. The Balaban J connectivity index is 2.23. The van der Waals surface area contributed by atoms with Crippen LogP contribution in [0.25, 0.3) is 0 Å². The van der Waals surface area contributed by atoms with Crippen LogP contribution in [-0.4, -0.2) is 12.8 Å². The third-order valence-electron chi connectivity index (χ3n) is 4.67. The van der Waals surface area contributed by atoms with Crippen LogP contribution in [0.2, 0.25) is 0 Å². The average Bonchev–Trinajstić information content (AvgIpc) is 2.62. The molecule has 0 saturated carbocycles. The van der Waals surface area contributed by atoms with Gasteiger partial charge in [0.05, 0.1) is 0 Å². The molecule has 2 aromatic carbocycles. The van der Waals surface area contributed by atoms with Crippen molar-refractivity contribution in [2.24, 2.45) is 0 Å². The predicted octanol–water partition coefficient (Wildman–Crippen LogP) is 4.13. The Morgan fingerprint density at radius 2 is 1.35 bits per heavy atom. The molecule has 0 fully saturated rings. The SMILES string of the molecule is BC(c1ccccc1)(c1ccccc1)c1cc(C(C)C)ccn1. The highest BCUT2D eigenvalue weighted by Crippen LogP contribution is 2.35. The molecule has 0 aliphatic carbocycles. The molecular formula is C21H22BN. The minimum absolute atomic E-state index is 0.257. The van der Waals surface area contributed by atoms with Crippen molar-refractivity contribution in [2.75, 3.05) is 0 Å². The molecule has 0 amide bonds. The number of pyridine rings is 1. The predicted molar refractivity (Wildman–Crippen MR) is 99.6 cm³/mol. The summed E-state index contributed by atoms with van der Waals surface area (Å²) in [7, 11) is 2.27. The largest absolute Gasteiger partial charge is 0.261 e. The van der Waals surface area contributed by atoms with Crippen LogP contribution in [0.1, 0.15) is 42.1 Å². The van der Waals surface area contributed by atoms with E-state index in [1.807, 2.05) is 6.20 Å². The Kier molecular flexibility index (Phi) is 4.34. The van der Waals surface area contributed by atoms with Gasteiger partial charge >= 0.3 is 0 Å². The van der Waals surface area contributed by atoms with Crippen molar-refractivity contribution >= 4 is 7.85 Å². The molecule has 0 spiro atoms. The van der Waals surface area contributed by atoms with Gasteiger partial charge in [-0.2, -0.15) is 0 Å². The molecular weight excluding hydrogens is 277 g/mol. The third-order valence-corrected chi connectivity index (χ3v) is 4.67. The first kappa shape index (κ1) is 15.5. The van der Waals surface area contributed by atoms with Crippen molar-refractivity contribution in [1.29, 1.82) is 0 Å². The Morgan fingerprint density at radius 1 is 0.826 bits per heavy atom. The van der Waals surface area contributed by atoms with E-state index in [1.165, 1.54) is 16.7 Å². The maximum absolute atomic E-state index is 4.75. The second kappa shape index (κ2) is 6.41. The van der Waals surface area contributed by atoms with Gasteiger partial charge in [-0.15, -0.1) is 0 Å². The van der Waals surface area contributed by atoms with Crippen LogP contribution >= 0.6 is 0 Å². The zero-order chi connectivity index (χ0) is 16.3. The topological polar surface area (TPSA) is 12.9 Å². The first-order valence-electron chi connectivity index (χ1n) is 8.20. The Hall–Kier alpha value is -2.35. The summed E-state index contributed by atoms with van der Waals surface area (Å²) >= 11 is 0. The van der Waals surface area contributed by atoms with E-state index < -0.39 is 0 Å². The second-order valence-corrected chi connectivity index (χ2v) is 6.49. The standard InChI is InChI=1S/C21H22BN/c1-16(2)17-13-14-23-20(15-17)21(22,18-9-5-3-6-10-18)19-11-7-4-8-12-19/h3-16H,22H2,1-2H3. The van der Waals surface area contributed by atoms with Crippen LogP contribution in [-0.2, 0) is 5.31 Å². The lowest BCUT2D eigenvalue weighted by atomic mass is 9.57. The molecule has 0 unspecified atom stereocenters. The normalized spacial score (nSPS) is 11.6. The number of rotatable bonds is 4. The van der Waals surface area contributed by atoms with Crippen LogP contribution in [0.15, 0.2) is 79.0 Å². The molecule has 0 N–H and O–H groups in total. The van der Waals surface area contributed by atoms with E-state index in [9.17, 15) is 0 Å². The summed E-state index contributed by atoms with van der Waals surface area (Å²) < 4.78 is 0. The molecule has 114 valence electrons.